The summed E-state index contributed by atoms with van der Waals surface area (Å²) in [6.45, 7) is 6.25. The van der Waals surface area contributed by atoms with Gasteiger partial charge in [-0.2, -0.15) is 0 Å². The zero-order valence-corrected chi connectivity index (χ0v) is 9.11. The molecule has 0 N–H and O–H groups in total. The number of rotatable bonds is 2. The molecule has 0 aromatic rings. The maximum atomic E-state index is 5.73. The fourth-order valence-corrected chi connectivity index (χ4v) is 2.05. The van der Waals surface area contributed by atoms with Crippen LogP contribution in [0.5, 0.6) is 0 Å². The summed E-state index contributed by atoms with van der Waals surface area (Å²) in [7, 11) is 3.44. The summed E-state index contributed by atoms with van der Waals surface area (Å²) in [6.07, 6.45) is 0.549. The first-order valence-electron chi connectivity index (χ1n) is 4.82. The minimum absolute atomic E-state index is 0.0520. The topological polar surface area (TPSA) is 27.7 Å². The van der Waals surface area contributed by atoms with Crippen molar-refractivity contribution in [3.8, 4) is 0 Å². The van der Waals surface area contributed by atoms with E-state index in [2.05, 4.69) is 13.8 Å². The zero-order valence-electron chi connectivity index (χ0n) is 9.11. The number of methoxy groups -OCH3 is 2. The number of ether oxygens (including phenoxy) is 3. The molecule has 1 aliphatic heterocycles. The second-order valence-electron chi connectivity index (χ2n) is 3.81. The summed E-state index contributed by atoms with van der Waals surface area (Å²) < 4.78 is 16.5. The Balaban J connectivity index is 2.71. The molecule has 13 heavy (non-hydrogen) atoms. The van der Waals surface area contributed by atoms with Gasteiger partial charge in [-0.3, -0.25) is 0 Å². The monoisotopic (exact) mass is 188 g/mol. The first kappa shape index (κ1) is 11.0. The van der Waals surface area contributed by atoms with E-state index in [1.807, 2.05) is 6.92 Å². The highest BCUT2D eigenvalue weighted by molar-refractivity contribution is 4.88. The average molecular weight is 188 g/mol. The van der Waals surface area contributed by atoms with E-state index in [-0.39, 0.29) is 24.4 Å². The molecule has 0 amide bonds. The van der Waals surface area contributed by atoms with E-state index in [1.54, 1.807) is 14.2 Å². The molecule has 0 aromatic carbocycles. The highest BCUT2D eigenvalue weighted by Crippen LogP contribution is 2.28. The average Bonchev–Trinajstić information content (AvgIpc) is 2.10. The van der Waals surface area contributed by atoms with Crippen molar-refractivity contribution >= 4 is 0 Å². The molecule has 0 radical (unpaired) electrons. The van der Waals surface area contributed by atoms with Gasteiger partial charge < -0.3 is 14.2 Å². The third-order valence-electron chi connectivity index (χ3n) is 3.02. The molecule has 78 valence electrons. The van der Waals surface area contributed by atoms with Gasteiger partial charge >= 0.3 is 0 Å². The van der Waals surface area contributed by atoms with Crippen LogP contribution in [0.2, 0.25) is 0 Å². The van der Waals surface area contributed by atoms with Gasteiger partial charge in [0.1, 0.15) is 6.10 Å². The first-order chi connectivity index (χ1) is 6.11. The van der Waals surface area contributed by atoms with Crippen molar-refractivity contribution in [2.75, 3.05) is 14.2 Å². The van der Waals surface area contributed by atoms with Crippen LogP contribution < -0.4 is 0 Å². The SMILES string of the molecule is CO[C@@H]1[C@@H](OC)[C@@H](C)C(C)O[C@H]1C. The van der Waals surface area contributed by atoms with Gasteiger partial charge in [-0.05, 0) is 13.8 Å². The molecular weight excluding hydrogens is 168 g/mol. The summed E-state index contributed by atoms with van der Waals surface area (Å²) >= 11 is 0. The van der Waals surface area contributed by atoms with Gasteiger partial charge in [0, 0.05) is 20.1 Å². The predicted molar refractivity (Wildman–Crippen MR) is 50.8 cm³/mol. The van der Waals surface area contributed by atoms with Crippen molar-refractivity contribution < 1.29 is 14.2 Å². The van der Waals surface area contributed by atoms with Gasteiger partial charge in [0.2, 0.25) is 0 Å². The minimum Gasteiger partial charge on any atom is -0.378 e. The van der Waals surface area contributed by atoms with E-state index in [0.29, 0.717) is 5.92 Å². The van der Waals surface area contributed by atoms with Crippen LogP contribution in [-0.4, -0.2) is 38.6 Å². The lowest BCUT2D eigenvalue weighted by molar-refractivity contribution is -0.202. The van der Waals surface area contributed by atoms with Gasteiger partial charge in [-0.15, -0.1) is 0 Å². The van der Waals surface area contributed by atoms with Crippen LogP contribution in [0, 0.1) is 5.92 Å². The molecular formula is C10H20O3. The van der Waals surface area contributed by atoms with Crippen LogP contribution in [0.4, 0.5) is 0 Å². The molecule has 1 saturated heterocycles. The van der Waals surface area contributed by atoms with Gasteiger partial charge in [-0.25, -0.2) is 0 Å². The van der Waals surface area contributed by atoms with Gasteiger partial charge in [-0.1, -0.05) is 6.92 Å². The Hall–Kier alpha value is -0.120. The maximum Gasteiger partial charge on any atom is 0.109 e. The highest BCUT2D eigenvalue weighted by Gasteiger charge is 2.40. The molecule has 1 heterocycles. The molecule has 0 aliphatic carbocycles. The van der Waals surface area contributed by atoms with Crippen molar-refractivity contribution in [2.24, 2.45) is 5.92 Å². The van der Waals surface area contributed by atoms with E-state index >= 15 is 0 Å². The summed E-state index contributed by atoms with van der Waals surface area (Å²) in [6, 6.07) is 0. The van der Waals surface area contributed by atoms with E-state index in [9.17, 15) is 0 Å². The molecule has 3 heteroatoms. The summed E-state index contributed by atoms with van der Waals surface area (Å²) in [5, 5.41) is 0. The van der Waals surface area contributed by atoms with Crippen molar-refractivity contribution in [3.05, 3.63) is 0 Å². The van der Waals surface area contributed by atoms with E-state index in [1.165, 1.54) is 0 Å². The standard InChI is InChI=1S/C10H20O3/c1-6-7(2)13-8(3)10(12-5)9(6)11-4/h6-10H,1-5H3/t6-,7?,8-,9-,10-/m0/s1. The molecule has 0 aromatic heterocycles. The lowest BCUT2D eigenvalue weighted by atomic mass is 9.89. The third kappa shape index (κ3) is 2.03. The Morgan fingerprint density at radius 3 is 1.85 bits per heavy atom. The lowest BCUT2D eigenvalue weighted by Gasteiger charge is -2.42. The molecule has 1 aliphatic rings. The van der Waals surface area contributed by atoms with E-state index < -0.39 is 0 Å². The molecule has 0 spiro atoms. The maximum absolute atomic E-state index is 5.73. The van der Waals surface area contributed by atoms with Crippen molar-refractivity contribution in [3.63, 3.8) is 0 Å². The van der Waals surface area contributed by atoms with Crippen LogP contribution in [0.15, 0.2) is 0 Å². The van der Waals surface area contributed by atoms with Crippen molar-refractivity contribution in [1.29, 1.82) is 0 Å². The Morgan fingerprint density at radius 2 is 1.38 bits per heavy atom. The smallest absolute Gasteiger partial charge is 0.109 e. The highest BCUT2D eigenvalue weighted by atomic mass is 16.6. The largest absolute Gasteiger partial charge is 0.378 e. The summed E-state index contributed by atoms with van der Waals surface area (Å²) in [5.41, 5.74) is 0. The number of hydrogen-bond acceptors (Lipinski definition) is 3. The van der Waals surface area contributed by atoms with Gasteiger partial charge in [0.05, 0.1) is 18.3 Å². The molecule has 5 atom stereocenters. The Morgan fingerprint density at radius 1 is 0.846 bits per heavy atom. The van der Waals surface area contributed by atoms with Crippen molar-refractivity contribution in [2.45, 2.75) is 45.2 Å². The lowest BCUT2D eigenvalue weighted by Crippen LogP contribution is -2.53. The fourth-order valence-electron chi connectivity index (χ4n) is 2.05. The van der Waals surface area contributed by atoms with Crippen molar-refractivity contribution in [1.82, 2.24) is 0 Å². The van der Waals surface area contributed by atoms with Crippen LogP contribution in [0.25, 0.3) is 0 Å². The minimum atomic E-state index is 0.0520. The van der Waals surface area contributed by atoms with Crippen LogP contribution in [-0.2, 0) is 14.2 Å². The van der Waals surface area contributed by atoms with Crippen LogP contribution >= 0.6 is 0 Å². The Kier molecular flexibility index (Phi) is 3.71. The summed E-state index contributed by atoms with van der Waals surface area (Å²) in [5.74, 6) is 0.381. The summed E-state index contributed by atoms with van der Waals surface area (Å²) in [4.78, 5) is 0. The molecule has 1 unspecified atom stereocenters. The van der Waals surface area contributed by atoms with Crippen LogP contribution in [0.1, 0.15) is 20.8 Å². The van der Waals surface area contributed by atoms with E-state index in [0.717, 1.165) is 0 Å². The molecule has 1 fully saturated rings. The van der Waals surface area contributed by atoms with Gasteiger partial charge in [0.15, 0.2) is 0 Å². The normalized spacial score (nSPS) is 46.4. The third-order valence-corrected chi connectivity index (χ3v) is 3.02. The zero-order chi connectivity index (χ0) is 10.0. The molecule has 3 nitrogen and oxygen atoms in total. The Labute approximate surface area is 80.4 Å². The fraction of sp³-hybridized carbons (Fsp3) is 1.00. The van der Waals surface area contributed by atoms with E-state index in [4.69, 9.17) is 14.2 Å². The molecule has 0 saturated carbocycles. The van der Waals surface area contributed by atoms with Gasteiger partial charge in [0.25, 0.3) is 0 Å². The molecule has 0 bridgehead atoms. The second kappa shape index (κ2) is 4.40. The molecule has 1 rings (SSSR count). The quantitative estimate of drug-likeness (QED) is 0.656. The second-order valence-corrected chi connectivity index (χ2v) is 3.81. The Bertz CT molecular complexity index is 160. The number of hydrogen-bond donors (Lipinski definition) is 0. The first-order valence-corrected chi connectivity index (χ1v) is 4.82. The predicted octanol–water partition coefficient (Wildman–Crippen LogP) is 1.46. The van der Waals surface area contributed by atoms with Crippen LogP contribution in [0.3, 0.4) is 0 Å².